The molecule has 142 valence electrons. The van der Waals surface area contributed by atoms with Crippen LogP contribution in [0.5, 0.6) is 11.5 Å². The van der Waals surface area contributed by atoms with Gasteiger partial charge in [0.1, 0.15) is 16.7 Å². The summed E-state index contributed by atoms with van der Waals surface area (Å²) in [5, 5.41) is 7.05. The summed E-state index contributed by atoms with van der Waals surface area (Å²) < 4.78 is 10.6. The van der Waals surface area contributed by atoms with E-state index in [9.17, 15) is 0 Å². The normalized spacial score (nSPS) is 10.7. The minimum absolute atomic E-state index is 0. The predicted octanol–water partition coefficient (Wildman–Crippen LogP) is 3.28. The molecule has 2 aromatic rings. The third kappa shape index (κ3) is 6.87. The zero-order valence-electron chi connectivity index (χ0n) is 15.1. The number of aliphatic imine (C=N–C) groups is 1. The van der Waals surface area contributed by atoms with Gasteiger partial charge in [-0.15, -0.1) is 24.0 Å². The number of halogens is 2. The highest BCUT2D eigenvalue weighted by molar-refractivity contribution is 14.0. The van der Waals surface area contributed by atoms with Crippen molar-refractivity contribution in [2.75, 3.05) is 27.8 Å². The molecule has 1 aromatic heterocycles. The quantitative estimate of drug-likeness (QED) is 0.270. The molecular formula is C18H24ClIN4O2. The summed E-state index contributed by atoms with van der Waals surface area (Å²) in [6.07, 6.45) is 2.61. The van der Waals surface area contributed by atoms with E-state index in [-0.39, 0.29) is 24.0 Å². The van der Waals surface area contributed by atoms with Crippen molar-refractivity contribution < 1.29 is 9.47 Å². The van der Waals surface area contributed by atoms with Crippen molar-refractivity contribution in [2.24, 2.45) is 4.99 Å². The fourth-order valence-corrected chi connectivity index (χ4v) is 2.39. The predicted molar refractivity (Wildman–Crippen MR) is 116 cm³/mol. The van der Waals surface area contributed by atoms with Gasteiger partial charge in [0, 0.05) is 38.0 Å². The van der Waals surface area contributed by atoms with Crippen molar-refractivity contribution >= 4 is 41.5 Å². The van der Waals surface area contributed by atoms with Gasteiger partial charge >= 0.3 is 0 Å². The Labute approximate surface area is 176 Å². The van der Waals surface area contributed by atoms with E-state index in [4.69, 9.17) is 21.1 Å². The van der Waals surface area contributed by atoms with Crippen molar-refractivity contribution in [1.82, 2.24) is 15.6 Å². The summed E-state index contributed by atoms with van der Waals surface area (Å²) in [6.45, 7) is 1.33. The number of rotatable bonds is 7. The zero-order valence-corrected chi connectivity index (χ0v) is 18.2. The fraction of sp³-hybridized carbons (Fsp3) is 0.333. The number of aromatic nitrogens is 1. The summed E-state index contributed by atoms with van der Waals surface area (Å²) in [4.78, 5) is 8.30. The number of hydrogen-bond donors (Lipinski definition) is 2. The maximum absolute atomic E-state index is 5.79. The van der Waals surface area contributed by atoms with E-state index in [1.807, 2.05) is 24.3 Å². The van der Waals surface area contributed by atoms with Crippen molar-refractivity contribution in [3.63, 3.8) is 0 Å². The Bertz CT molecular complexity index is 711. The summed E-state index contributed by atoms with van der Waals surface area (Å²) in [5.74, 6) is 2.26. The van der Waals surface area contributed by atoms with Crippen LogP contribution in [0.25, 0.3) is 0 Å². The van der Waals surface area contributed by atoms with Gasteiger partial charge in [-0.25, -0.2) is 4.98 Å². The molecule has 2 N–H and O–H groups in total. The first-order chi connectivity index (χ1) is 12.2. The minimum Gasteiger partial charge on any atom is -0.497 e. The van der Waals surface area contributed by atoms with Gasteiger partial charge in [0.15, 0.2) is 5.96 Å². The Morgan fingerprint density at radius 2 is 1.96 bits per heavy atom. The number of pyridine rings is 1. The molecule has 0 atom stereocenters. The van der Waals surface area contributed by atoms with Gasteiger partial charge < -0.3 is 20.1 Å². The van der Waals surface area contributed by atoms with Crippen LogP contribution in [0.1, 0.15) is 11.1 Å². The van der Waals surface area contributed by atoms with Crippen molar-refractivity contribution in [2.45, 2.75) is 13.0 Å². The molecule has 0 spiro atoms. The first-order valence-corrected chi connectivity index (χ1v) is 8.30. The Hall–Kier alpha value is -1.74. The van der Waals surface area contributed by atoms with E-state index in [2.05, 4.69) is 20.6 Å². The monoisotopic (exact) mass is 490 g/mol. The molecule has 8 heteroatoms. The summed E-state index contributed by atoms with van der Waals surface area (Å²) >= 11 is 5.79. The summed E-state index contributed by atoms with van der Waals surface area (Å²) in [6, 6.07) is 9.50. The lowest BCUT2D eigenvalue weighted by Gasteiger charge is -2.14. The van der Waals surface area contributed by atoms with Crippen LogP contribution in [0.15, 0.2) is 41.5 Å². The molecule has 0 unspecified atom stereocenters. The van der Waals surface area contributed by atoms with Gasteiger partial charge in [-0.1, -0.05) is 17.7 Å². The second-order valence-electron chi connectivity index (χ2n) is 5.27. The fourth-order valence-electron chi connectivity index (χ4n) is 2.28. The third-order valence-corrected chi connectivity index (χ3v) is 3.88. The standard InChI is InChI=1S/C18H23ClN4O2.HI/c1-20-18(21-9-8-13-4-7-17(19)22-11-13)23-12-14-5-6-15(24-2)10-16(14)25-3;/h4-7,10-11H,8-9,12H2,1-3H3,(H2,20,21,23);1H. The molecule has 0 aliphatic rings. The Morgan fingerprint density at radius 1 is 1.15 bits per heavy atom. The lowest BCUT2D eigenvalue weighted by molar-refractivity contribution is 0.390. The summed E-state index contributed by atoms with van der Waals surface area (Å²) in [5.41, 5.74) is 2.14. The number of benzene rings is 1. The number of nitrogens with zero attached hydrogens (tertiary/aromatic N) is 2. The highest BCUT2D eigenvalue weighted by Crippen LogP contribution is 2.24. The molecule has 6 nitrogen and oxygen atoms in total. The second kappa shape index (κ2) is 11.8. The molecule has 26 heavy (non-hydrogen) atoms. The lowest BCUT2D eigenvalue weighted by Crippen LogP contribution is -2.37. The molecule has 0 saturated heterocycles. The smallest absolute Gasteiger partial charge is 0.191 e. The Kier molecular flexibility index (Phi) is 10.1. The van der Waals surface area contributed by atoms with E-state index in [1.165, 1.54) is 0 Å². The molecule has 2 rings (SSSR count). The van der Waals surface area contributed by atoms with Crippen molar-refractivity contribution in [3.05, 3.63) is 52.8 Å². The lowest BCUT2D eigenvalue weighted by atomic mass is 10.2. The van der Waals surface area contributed by atoms with E-state index in [1.54, 1.807) is 33.5 Å². The molecule has 0 radical (unpaired) electrons. The zero-order chi connectivity index (χ0) is 18.1. The minimum atomic E-state index is 0. The molecule has 0 amide bonds. The van der Waals surface area contributed by atoms with Gasteiger partial charge in [0.2, 0.25) is 0 Å². The number of nitrogens with one attached hydrogen (secondary N) is 2. The number of guanidine groups is 1. The number of hydrogen-bond acceptors (Lipinski definition) is 4. The summed E-state index contributed by atoms with van der Waals surface area (Å²) in [7, 11) is 5.02. The number of methoxy groups -OCH3 is 2. The van der Waals surface area contributed by atoms with Crippen molar-refractivity contribution in [3.8, 4) is 11.5 Å². The van der Waals surface area contributed by atoms with Gasteiger partial charge in [0.25, 0.3) is 0 Å². The maximum atomic E-state index is 5.79. The Morgan fingerprint density at radius 3 is 2.58 bits per heavy atom. The largest absolute Gasteiger partial charge is 0.497 e. The molecule has 1 heterocycles. The van der Waals surface area contributed by atoms with E-state index < -0.39 is 0 Å². The average Bonchev–Trinajstić information content (AvgIpc) is 2.65. The van der Waals surface area contributed by atoms with Crippen LogP contribution in [0.2, 0.25) is 5.15 Å². The van der Waals surface area contributed by atoms with Crippen LogP contribution in [-0.4, -0.2) is 38.8 Å². The van der Waals surface area contributed by atoms with Crippen LogP contribution in [-0.2, 0) is 13.0 Å². The average molecular weight is 491 g/mol. The van der Waals surface area contributed by atoms with E-state index in [0.29, 0.717) is 11.7 Å². The Balaban J connectivity index is 0.00000338. The highest BCUT2D eigenvalue weighted by Gasteiger charge is 2.06. The molecule has 1 aromatic carbocycles. The second-order valence-corrected chi connectivity index (χ2v) is 5.66. The van der Waals surface area contributed by atoms with Gasteiger partial charge in [-0.05, 0) is 30.2 Å². The van der Waals surface area contributed by atoms with Crippen LogP contribution in [0, 0.1) is 0 Å². The highest BCUT2D eigenvalue weighted by atomic mass is 127. The van der Waals surface area contributed by atoms with Gasteiger partial charge in [0.05, 0.1) is 14.2 Å². The first kappa shape index (κ1) is 22.3. The maximum Gasteiger partial charge on any atom is 0.191 e. The van der Waals surface area contributed by atoms with E-state index >= 15 is 0 Å². The van der Waals surface area contributed by atoms with Crippen LogP contribution in [0.3, 0.4) is 0 Å². The first-order valence-electron chi connectivity index (χ1n) is 7.92. The molecule has 0 fully saturated rings. The van der Waals surface area contributed by atoms with Crippen molar-refractivity contribution in [1.29, 1.82) is 0 Å². The molecular weight excluding hydrogens is 467 g/mol. The van der Waals surface area contributed by atoms with Gasteiger partial charge in [-0.3, -0.25) is 4.99 Å². The molecule has 0 saturated carbocycles. The molecule has 0 aliphatic heterocycles. The van der Waals surface area contributed by atoms with Crippen LogP contribution < -0.4 is 20.1 Å². The van der Waals surface area contributed by atoms with Crippen LogP contribution >= 0.6 is 35.6 Å². The third-order valence-electron chi connectivity index (χ3n) is 3.66. The topological polar surface area (TPSA) is 67.8 Å². The molecule has 0 aliphatic carbocycles. The van der Waals surface area contributed by atoms with Gasteiger partial charge in [-0.2, -0.15) is 0 Å². The number of ether oxygens (including phenoxy) is 2. The van der Waals surface area contributed by atoms with Crippen LogP contribution in [0.4, 0.5) is 0 Å². The molecule has 0 bridgehead atoms. The van der Waals surface area contributed by atoms with E-state index in [0.717, 1.165) is 41.6 Å². The SMILES string of the molecule is CN=C(NCCc1ccc(Cl)nc1)NCc1ccc(OC)cc1OC.I.